The molecule has 0 amide bonds. The van der Waals surface area contributed by atoms with E-state index in [2.05, 4.69) is 6.58 Å². The number of hydrogen-bond donors (Lipinski definition) is 0. The minimum atomic E-state index is -3.63. The predicted octanol–water partition coefficient (Wildman–Crippen LogP) is 1.97. The van der Waals surface area contributed by atoms with Crippen LogP contribution in [0.2, 0.25) is 0 Å². The molecule has 1 rings (SSSR count). The zero-order chi connectivity index (χ0) is 16.8. The molecule has 0 fully saturated rings. The summed E-state index contributed by atoms with van der Waals surface area (Å²) in [6, 6.07) is 6.48. The standard InChI is InChI=1S/C15H21NO5S/c1-5-9-20-14-8-6-7-13(10-14)16(22(4,18)19)11-15(17)21-12(2)3/h5-8,10,12H,1,9,11H2,2-4H3. The van der Waals surface area contributed by atoms with Crippen LogP contribution in [-0.2, 0) is 19.6 Å². The van der Waals surface area contributed by atoms with E-state index in [1.165, 1.54) is 0 Å². The van der Waals surface area contributed by atoms with Gasteiger partial charge in [-0.05, 0) is 26.0 Å². The molecule has 0 spiro atoms. The average molecular weight is 327 g/mol. The topological polar surface area (TPSA) is 72.9 Å². The molecule has 0 aromatic heterocycles. The van der Waals surface area contributed by atoms with Gasteiger partial charge in [-0.1, -0.05) is 18.7 Å². The molecule has 0 aliphatic rings. The van der Waals surface area contributed by atoms with Crippen LogP contribution in [0.5, 0.6) is 5.75 Å². The first-order valence-corrected chi connectivity index (χ1v) is 8.60. The molecule has 1 aromatic rings. The second kappa shape index (κ2) is 7.84. The van der Waals surface area contributed by atoms with Crippen molar-refractivity contribution in [2.45, 2.75) is 20.0 Å². The van der Waals surface area contributed by atoms with Gasteiger partial charge in [0, 0.05) is 6.07 Å². The van der Waals surface area contributed by atoms with Crippen LogP contribution in [0.3, 0.4) is 0 Å². The SMILES string of the molecule is C=CCOc1cccc(N(CC(=O)OC(C)C)S(C)(=O)=O)c1. The summed E-state index contributed by atoms with van der Waals surface area (Å²) >= 11 is 0. The van der Waals surface area contributed by atoms with Crippen molar-refractivity contribution in [1.29, 1.82) is 0 Å². The molecule has 0 unspecified atom stereocenters. The van der Waals surface area contributed by atoms with Crippen LogP contribution in [0.1, 0.15) is 13.8 Å². The van der Waals surface area contributed by atoms with E-state index in [0.29, 0.717) is 18.0 Å². The average Bonchev–Trinajstić information content (AvgIpc) is 2.41. The summed E-state index contributed by atoms with van der Waals surface area (Å²) in [5.41, 5.74) is 0.338. The van der Waals surface area contributed by atoms with Crippen LogP contribution in [0, 0.1) is 0 Å². The maximum absolute atomic E-state index is 11.9. The van der Waals surface area contributed by atoms with E-state index >= 15 is 0 Å². The number of benzene rings is 1. The second-order valence-electron chi connectivity index (χ2n) is 4.91. The van der Waals surface area contributed by atoms with Gasteiger partial charge in [-0.15, -0.1) is 0 Å². The van der Waals surface area contributed by atoms with Crippen molar-refractivity contribution in [3.8, 4) is 5.75 Å². The lowest BCUT2D eigenvalue weighted by atomic mass is 10.3. The Morgan fingerprint density at radius 1 is 1.41 bits per heavy atom. The molecule has 0 bridgehead atoms. The normalized spacial score (nSPS) is 11.1. The molecule has 1 aromatic carbocycles. The Morgan fingerprint density at radius 3 is 2.64 bits per heavy atom. The van der Waals surface area contributed by atoms with Gasteiger partial charge in [-0.3, -0.25) is 9.10 Å². The number of esters is 1. The molecule has 0 aliphatic heterocycles. The molecule has 22 heavy (non-hydrogen) atoms. The number of carbonyl (C=O) groups is 1. The fraction of sp³-hybridized carbons (Fsp3) is 0.400. The number of nitrogens with zero attached hydrogens (tertiary/aromatic N) is 1. The molecule has 0 aliphatic carbocycles. The van der Waals surface area contributed by atoms with Crippen LogP contribution in [0.4, 0.5) is 5.69 Å². The highest BCUT2D eigenvalue weighted by Crippen LogP contribution is 2.23. The summed E-state index contributed by atoms with van der Waals surface area (Å²) < 4.78 is 35.2. The number of anilines is 1. The maximum Gasteiger partial charge on any atom is 0.327 e. The van der Waals surface area contributed by atoms with Gasteiger partial charge in [0.2, 0.25) is 10.0 Å². The van der Waals surface area contributed by atoms with Gasteiger partial charge < -0.3 is 9.47 Å². The molecule has 0 N–H and O–H groups in total. The van der Waals surface area contributed by atoms with Gasteiger partial charge in [-0.25, -0.2) is 8.42 Å². The lowest BCUT2D eigenvalue weighted by Crippen LogP contribution is -2.36. The monoisotopic (exact) mass is 327 g/mol. The summed E-state index contributed by atoms with van der Waals surface area (Å²) in [5, 5.41) is 0. The number of rotatable bonds is 8. The third kappa shape index (κ3) is 5.77. The number of carbonyl (C=O) groups excluding carboxylic acids is 1. The van der Waals surface area contributed by atoms with Gasteiger partial charge in [0.25, 0.3) is 0 Å². The number of hydrogen-bond acceptors (Lipinski definition) is 5. The van der Waals surface area contributed by atoms with Gasteiger partial charge >= 0.3 is 5.97 Å². The molecule has 0 saturated carbocycles. The highest BCUT2D eigenvalue weighted by atomic mass is 32.2. The number of ether oxygens (including phenoxy) is 2. The van der Waals surface area contributed by atoms with Crippen molar-refractivity contribution in [1.82, 2.24) is 0 Å². The Bertz CT molecular complexity index is 625. The molecule has 0 radical (unpaired) electrons. The zero-order valence-electron chi connectivity index (χ0n) is 13.0. The van der Waals surface area contributed by atoms with Crippen molar-refractivity contribution < 1.29 is 22.7 Å². The first-order chi connectivity index (χ1) is 10.2. The van der Waals surface area contributed by atoms with Crippen molar-refractivity contribution in [2.75, 3.05) is 23.7 Å². The predicted molar refractivity (Wildman–Crippen MR) is 85.6 cm³/mol. The summed E-state index contributed by atoms with van der Waals surface area (Å²) in [5.74, 6) is -0.124. The molecule has 0 heterocycles. The van der Waals surface area contributed by atoms with E-state index in [1.54, 1.807) is 44.2 Å². The summed E-state index contributed by atoms with van der Waals surface area (Å²) in [7, 11) is -3.63. The second-order valence-corrected chi connectivity index (χ2v) is 6.81. The minimum absolute atomic E-state index is 0.303. The van der Waals surface area contributed by atoms with E-state index in [1.807, 2.05) is 0 Å². The Hall–Kier alpha value is -2.02. The third-order valence-electron chi connectivity index (χ3n) is 2.51. The third-order valence-corrected chi connectivity index (χ3v) is 3.65. The number of sulfonamides is 1. The van der Waals surface area contributed by atoms with Crippen LogP contribution >= 0.6 is 0 Å². The van der Waals surface area contributed by atoms with Crippen molar-refractivity contribution in [3.63, 3.8) is 0 Å². The molecule has 0 saturated heterocycles. The Morgan fingerprint density at radius 2 is 2.09 bits per heavy atom. The van der Waals surface area contributed by atoms with Crippen LogP contribution in [0.15, 0.2) is 36.9 Å². The smallest absolute Gasteiger partial charge is 0.327 e. The molecular weight excluding hydrogens is 306 g/mol. The Labute approximate surface area is 131 Å². The van der Waals surface area contributed by atoms with Crippen molar-refractivity contribution >= 4 is 21.7 Å². The first kappa shape index (κ1) is 18.0. The Balaban J connectivity index is 3.02. The van der Waals surface area contributed by atoms with Crippen LogP contribution < -0.4 is 9.04 Å². The van der Waals surface area contributed by atoms with Crippen LogP contribution in [0.25, 0.3) is 0 Å². The largest absolute Gasteiger partial charge is 0.489 e. The zero-order valence-corrected chi connectivity index (χ0v) is 13.8. The fourth-order valence-electron chi connectivity index (χ4n) is 1.70. The Kier molecular flexibility index (Phi) is 6.42. The maximum atomic E-state index is 11.9. The van der Waals surface area contributed by atoms with Gasteiger partial charge in [0.05, 0.1) is 18.0 Å². The summed E-state index contributed by atoms with van der Waals surface area (Å²) in [4.78, 5) is 11.8. The minimum Gasteiger partial charge on any atom is -0.489 e. The molecular formula is C15H21NO5S. The quantitative estimate of drug-likeness (QED) is 0.539. The summed E-state index contributed by atoms with van der Waals surface area (Å²) in [6.45, 7) is 6.86. The molecule has 122 valence electrons. The van der Waals surface area contributed by atoms with Crippen molar-refractivity contribution in [3.05, 3.63) is 36.9 Å². The van der Waals surface area contributed by atoms with Crippen LogP contribution in [-0.4, -0.2) is 39.9 Å². The van der Waals surface area contributed by atoms with Crippen molar-refractivity contribution in [2.24, 2.45) is 0 Å². The first-order valence-electron chi connectivity index (χ1n) is 6.75. The molecule has 0 atom stereocenters. The van der Waals surface area contributed by atoms with E-state index in [4.69, 9.17) is 9.47 Å². The van der Waals surface area contributed by atoms with Gasteiger partial charge in [0.15, 0.2) is 0 Å². The van der Waals surface area contributed by atoms with Gasteiger partial charge in [0.1, 0.15) is 18.9 Å². The molecule has 6 nitrogen and oxygen atoms in total. The van der Waals surface area contributed by atoms with E-state index in [9.17, 15) is 13.2 Å². The molecule has 7 heteroatoms. The van der Waals surface area contributed by atoms with E-state index in [0.717, 1.165) is 10.6 Å². The lowest BCUT2D eigenvalue weighted by Gasteiger charge is -2.22. The van der Waals surface area contributed by atoms with E-state index < -0.39 is 16.0 Å². The van der Waals surface area contributed by atoms with E-state index in [-0.39, 0.29) is 12.6 Å². The highest BCUT2D eigenvalue weighted by molar-refractivity contribution is 7.92. The summed E-state index contributed by atoms with van der Waals surface area (Å²) in [6.07, 6.45) is 2.31. The fourth-order valence-corrected chi connectivity index (χ4v) is 2.54. The lowest BCUT2D eigenvalue weighted by molar-refractivity contribution is -0.145. The highest BCUT2D eigenvalue weighted by Gasteiger charge is 2.22. The van der Waals surface area contributed by atoms with Gasteiger partial charge in [-0.2, -0.15) is 0 Å².